The molecular weight excluding hydrogens is 503 g/mol. The van der Waals surface area contributed by atoms with Gasteiger partial charge in [0.05, 0.1) is 17.5 Å². The van der Waals surface area contributed by atoms with Gasteiger partial charge in [0.25, 0.3) is 0 Å². The molecular formula is C26H27FN2O7S. The van der Waals surface area contributed by atoms with Crippen LogP contribution in [0.5, 0.6) is 0 Å². The number of halogens is 1. The van der Waals surface area contributed by atoms with Gasteiger partial charge in [-0.05, 0) is 54.7 Å². The van der Waals surface area contributed by atoms with Crippen molar-refractivity contribution in [1.82, 2.24) is 4.90 Å². The maximum absolute atomic E-state index is 13.5. The van der Waals surface area contributed by atoms with E-state index in [0.29, 0.717) is 22.1 Å². The number of anilines is 1. The normalized spacial score (nSPS) is 13.5. The number of fused-ring (bicyclic) bond motifs is 1. The Morgan fingerprint density at radius 3 is 2.30 bits per heavy atom. The van der Waals surface area contributed by atoms with Gasteiger partial charge in [0, 0.05) is 30.5 Å². The van der Waals surface area contributed by atoms with E-state index < -0.39 is 40.8 Å². The van der Waals surface area contributed by atoms with E-state index in [1.807, 2.05) is 0 Å². The van der Waals surface area contributed by atoms with Crippen LogP contribution in [-0.2, 0) is 19.6 Å². The summed E-state index contributed by atoms with van der Waals surface area (Å²) in [6, 6.07) is 8.77. The summed E-state index contributed by atoms with van der Waals surface area (Å²) in [5, 5.41) is 9.52. The molecule has 0 atom stereocenters. The van der Waals surface area contributed by atoms with Gasteiger partial charge in [0.2, 0.25) is 15.9 Å². The summed E-state index contributed by atoms with van der Waals surface area (Å²) in [6.45, 7) is 0.545. The van der Waals surface area contributed by atoms with Crippen LogP contribution in [0.3, 0.4) is 0 Å². The fraction of sp³-hybridized carbons (Fsp3) is 0.346. The van der Waals surface area contributed by atoms with Gasteiger partial charge in [-0.25, -0.2) is 12.8 Å². The minimum absolute atomic E-state index is 0.0317. The molecule has 1 aliphatic rings. The number of carbonyl (C=O) groups is 3. The zero-order valence-corrected chi connectivity index (χ0v) is 21.5. The van der Waals surface area contributed by atoms with Crippen LogP contribution in [0.2, 0.25) is 0 Å². The Hall–Kier alpha value is -3.73. The average molecular weight is 531 g/mol. The molecule has 9 nitrogen and oxygen atoms in total. The first kappa shape index (κ1) is 26.3. The molecule has 2 aromatic carbocycles. The van der Waals surface area contributed by atoms with Crippen molar-refractivity contribution in [2.75, 3.05) is 30.7 Å². The average Bonchev–Trinajstić information content (AvgIpc) is 3.61. The molecule has 0 spiro atoms. The fourth-order valence-electron chi connectivity index (χ4n) is 4.26. The van der Waals surface area contributed by atoms with Gasteiger partial charge in [-0.15, -0.1) is 0 Å². The minimum atomic E-state index is -3.97. The lowest BCUT2D eigenvalue weighted by molar-refractivity contribution is -0.142. The molecule has 3 aromatic rings. The number of ketones is 1. The zero-order chi connectivity index (χ0) is 27.1. The molecule has 0 unspecified atom stereocenters. The van der Waals surface area contributed by atoms with Crippen molar-refractivity contribution in [2.24, 2.45) is 0 Å². The summed E-state index contributed by atoms with van der Waals surface area (Å²) in [5.74, 6) is -2.25. The number of Topliss-reactive ketones (excluding diaryl/α,β-unsaturated/α-hetero) is 1. The number of amides is 1. The molecule has 37 heavy (non-hydrogen) atoms. The van der Waals surface area contributed by atoms with E-state index >= 15 is 0 Å². The number of carboxylic acid groups (broad SMARTS) is 1. The molecule has 1 amide bonds. The maximum Gasteiger partial charge on any atom is 0.323 e. The number of furan rings is 1. The second-order valence-electron chi connectivity index (χ2n) is 9.18. The molecule has 0 radical (unpaired) electrons. The Balaban J connectivity index is 1.90. The highest BCUT2D eigenvalue weighted by atomic mass is 32.2. The number of carboxylic acids is 1. The molecule has 1 saturated carbocycles. The number of carbonyl (C=O) groups excluding carboxylic acids is 2. The fourth-order valence-corrected chi connectivity index (χ4v) is 5.12. The molecule has 1 fully saturated rings. The molecule has 0 bridgehead atoms. The van der Waals surface area contributed by atoms with Gasteiger partial charge in [-0.1, -0.05) is 6.92 Å². The first-order valence-corrected chi connectivity index (χ1v) is 13.6. The number of aliphatic carboxylic acids is 1. The van der Waals surface area contributed by atoms with E-state index in [2.05, 4.69) is 0 Å². The van der Waals surface area contributed by atoms with Crippen LogP contribution in [0.4, 0.5) is 10.1 Å². The molecule has 1 heterocycles. The third-order valence-electron chi connectivity index (χ3n) is 6.31. The monoisotopic (exact) mass is 530 g/mol. The maximum atomic E-state index is 13.5. The van der Waals surface area contributed by atoms with Gasteiger partial charge in [0.1, 0.15) is 30.3 Å². The molecule has 11 heteroatoms. The van der Waals surface area contributed by atoms with E-state index in [4.69, 9.17) is 9.52 Å². The van der Waals surface area contributed by atoms with Crippen LogP contribution < -0.4 is 4.31 Å². The number of benzene rings is 2. The van der Waals surface area contributed by atoms with E-state index in [-0.39, 0.29) is 35.2 Å². The van der Waals surface area contributed by atoms with Gasteiger partial charge in [0.15, 0.2) is 5.78 Å². The Morgan fingerprint density at radius 2 is 1.76 bits per heavy atom. The largest absolute Gasteiger partial charge is 0.480 e. The van der Waals surface area contributed by atoms with Crippen molar-refractivity contribution in [3.8, 4) is 11.3 Å². The van der Waals surface area contributed by atoms with E-state index in [1.165, 1.54) is 37.4 Å². The topological polar surface area (TPSA) is 125 Å². The minimum Gasteiger partial charge on any atom is -0.480 e. The van der Waals surface area contributed by atoms with Crippen molar-refractivity contribution in [3.05, 3.63) is 53.3 Å². The lowest BCUT2D eigenvalue weighted by Crippen LogP contribution is -2.43. The highest BCUT2D eigenvalue weighted by molar-refractivity contribution is 7.92. The molecule has 196 valence electrons. The standard InChI is InChI=1S/C26H27FN2O7S/c1-4-21(30)25-19-11-18(15-5-6-15)20(12-22(19)36-26(25)16-7-9-17(27)10-8-16)29(37(3,34)35)13-23(31)28(2)14-24(32)33/h7-12,15H,4-6,13-14H2,1-3H3,(H,32,33). The number of hydrogen-bond donors (Lipinski definition) is 1. The van der Waals surface area contributed by atoms with Crippen molar-refractivity contribution in [2.45, 2.75) is 32.1 Å². The van der Waals surface area contributed by atoms with Crippen LogP contribution >= 0.6 is 0 Å². The van der Waals surface area contributed by atoms with Crippen molar-refractivity contribution < 1.29 is 36.7 Å². The van der Waals surface area contributed by atoms with Crippen LogP contribution in [0.15, 0.2) is 40.8 Å². The second-order valence-corrected chi connectivity index (χ2v) is 11.1. The third kappa shape index (κ3) is 5.51. The van der Waals surface area contributed by atoms with Crippen LogP contribution in [0.1, 0.15) is 48.0 Å². The van der Waals surface area contributed by atoms with Crippen LogP contribution in [-0.4, -0.2) is 62.5 Å². The quantitative estimate of drug-likeness (QED) is 0.393. The molecule has 1 aromatic heterocycles. The predicted octanol–water partition coefficient (Wildman–Crippen LogP) is 4.02. The zero-order valence-electron chi connectivity index (χ0n) is 20.7. The van der Waals surface area contributed by atoms with Crippen molar-refractivity contribution in [3.63, 3.8) is 0 Å². The SMILES string of the molecule is CCC(=O)c1c(-c2ccc(F)cc2)oc2cc(N(CC(=O)N(C)CC(=O)O)S(C)(=O)=O)c(C3CC3)cc12. The van der Waals surface area contributed by atoms with E-state index in [0.717, 1.165) is 28.3 Å². The summed E-state index contributed by atoms with van der Waals surface area (Å²) in [6.07, 6.45) is 2.78. The molecule has 0 aliphatic heterocycles. The number of rotatable bonds is 10. The summed E-state index contributed by atoms with van der Waals surface area (Å²) >= 11 is 0. The molecule has 1 aliphatic carbocycles. The van der Waals surface area contributed by atoms with Crippen LogP contribution in [0.25, 0.3) is 22.3 Å². The molecule has 1 N–H and O–H groups in total. The molecule has 0 saturated heterocycles. The Labute approximate surface area is 213 Å². The Bertz CT molecular complexity index is 1490. The summed E-state index contributed by atoms with van der Waals surface area (Å²) in [7, 11) is -2.68. The first-order valence-electron chi connectivity index (χ1n) is 11.7. The van der Waals surface area contributed by atoms with Gasteiger partial charge < -0.3 is 14.4 Å². The number of hydrogen-bond acceptors (Lipinski definition) is 6. The lowest BCUT2D eigenvalue weighted by Gasteiger charge is -2.26. The van der Waals surface area contributed by atoms with Gasteiger partial charge in [-0.3, -0.25) is 18.7 Å². The number of likely N-dealkylation sites (N-methyl/N-ethyl adjacent to an activating group) is 1. The highest BCUT2D eigenvalue weighted by Gasteiger charge is 2.34. The van der Waals surface area contributed by atoms with E-state index in [9.17, 15) is 27.2 Å². The van der Waals surface area contributed by atoms with E-state index in [1.54, 1.807) is 13.0 Å². The second kappa shape index (κ2) is 9.97. The third-order valence-corrected chi connectivity index (χ3v) is 7.43. The van der Waals surface area contributed by atoms with Gasteiger partial charge in [-0.2, -0.15) is 0 Å². The summed E-state index contributed by atoms with van der Waals surface area (Å²) < 4.78 is 46.2. The summed E-state index contributed by atoms with van der Waals surface area (Å²) in [5.41, 5.74) is 1.97. The number of nitrogens with zero attached hydrogens (tertiary/aromatic N) is 2. The smallest absolute Gasteiger partial charge is 0.323 e. The Morgan fingerprint density at radius 1 is 1.11 bits per heavy atom. The molecule has 4 rings (SSSR count). The van der Waals surface area contributed by atoms with Crippen molar-refractivity contribution in [1.29, 1.82) is 0 Å². The van der Waals surface area contributed by atoms with Crippen molar-refractivity contribution >= 4 is 44.3 Å². The Kier molecular flexibility index (Phi) is 7.09. The summed E-state index contributed by atoms with van der Waals surface area (Å²) in [4.78, 5) is 37.7. The highest BCUT2D eigenvalue weighted by Crippen LogP contribution is 2.48. The lowest BCUT2D eigenvalue weighted by atomic mass is 9.97. The first-order chi connectivity index (χ1) is 17.4. The number of sulfonamides is 1. The van der Waals surface area contributed by atoms with Gasteiger partial charge >= 0.3 is 5.97 Å². The van der Waals surface area contributed by atoms with Crippen LogP contribution in [0, 0.1) is 5.82 Å². The predicted molar refractivity (Wildman–Crippen MR) is 136 cm³/mol.